The number of para-hydroxylation sites is 2. The fourth-order valence-electron chi connectivity index (χ4n) is 1.27. The summed E-state index contributed by atoms with van der Waals surface area (Å²) in [5, 5.41) is 16.6. The minimum absolute atomic E-state index is 0.0740. The molecule has 0 atom stereocenters. The Hall–Kier alpha value is -2.83. The van der Waals surface area contributed by atoms with Gasteiger partial charge in [0.2, 0.25) is 0 Å². The van der Waals surface area contributed by atoms with Gasteiger partial charge in [-0.2, -0.15) is 0 Å². The van der Waals surface area contributed by atoms with Gasteiger partial charge >= 0.3 is 5.97 Å². The summed E-state index contributed by atoms with van der Waals surface area (Å²) in [7, 11) is 0. The molecule has 0 amide bonds. The molecule has 0 saturated heterocycles. The summed E-state index contributed by atoms with van der Waals surface area (Å²) in [5.41, 5.74) is 5.06. The van der Waals surface area contributed by atoms with E-state index in [0.29, 0.717) is 0 Å². The lowest BCUT2D eigenvalue weighted by molar-refractivity contribution is 0.0694. The van der Waals surface area contributed by atoms with Crippen LogP contribution in [0, 0.1) is 0 Å². The molecule has 20 heavy (non-hydrogen) atoms. The molecule has 0 aliphatic carbocycles. The lowest BCUT2D eigenvalue weighted by Crippen LogP contribution is -1.98. The topological polar surface area (TPSA) is 86.8 Å². The number of carboxylic acids is 1. The van der Waals surface area contributed by atoms with Crippen LogP contribution in [0.4, 0.5) is 20.3 Å². The number of phenols is 1. The second-order valence-electron chi connectivity index (χ2n) is 3.62. The van der Waals surface area contributed by atoms with Gasteiger partial charge in [0, 0.05) is 0 Å². The minimum atomic E-state index is -1.19. The Balaban J connectivity index is 0.000000204. The average Bonchev–Trinajstić information content (AvgIpc) is 2.43. The molecule has 0 saturated carbocycles. The summed E-state index contributed by atoms with van der Waals surface area (Å²) in [6, 6.07) is 11.7. The van der Waals surface area contributed by atoms with Crippen LogP contribution in [0.15, 0.2) is 48.5 Å². The van der Waals surface area contributed by atoms with Crippen molar-refractivity contribution in [3.63, 3.8) is 0 Å². The monoisotopic (exact) mass is 282 g/mol. The van der Waals surface area contributed by atoms with Crippen molar-refractivity contribution in [2.75, 3.05) is 11.1 Å². The van der Waals surface area contributed by atoms with Crippen LogP contribution in [0.2, 0.25) is 0 Å². The molecular formula is C13H12F2N2O3. The Morgan fingerprint density at radius 2 is 1.65 bits per heavy atom. The van der Waals surface area contributed by atoms with E-state index < -0.39 is 11.3 Å². The number of hydrogen-bond donors (Lipinski definition) is 3. The maximum Gasteiger partial charge on any atom is 0.339 e. The fourth-order valence-corrected chi connectivity index (χ4v) is 1.27. The number of aromatic carboxylic acids is 1. The molecule has 106 valence electrons. The van der Waals surface area contributed by atoms with E-state index in [1.54, 1.807) is 18.2 Å². The Morgan fingerprint density at radius 3 is 2.05 bits per heavy atom. The van der Waals surface area contributed by atoms with Crippen LogP contribution in [0.3, 0.4) is 0 Å². The maximum absolute atomic E-state index is 11.6. The number of hydrogen-bond acceptors (Lipinski definition) is 4. The summed E-state index contributed by atoms with van der Waals surface area (Å²) in [5.74, 6) is -1.56. The third kappa shape index (κ3) is 4.13. The van der Waals surface area contributed by atoms with Crippen LogP contribution in [0.5, 0.6) is 5.75 Å². The van der Waals surface area contributed by atoms with Gasteiger partial charge in [-0.25, -0.2) is 4.79 Å². The molecule has 0 spiro atoms. The number of carbonyl (C=O) groups is 1. The zero-order valence-electron chi connectivity index (χ0n) is 10.2. The number of anilines is 2. The van der Waals surface area contributed by atoms with Crippen molar-refractivity contribution < 1.29 is 24.0 Å². The first-order valence-electron chi connectivity index (χ1n) is 5.41. The van der Waals surface area contributed by atoms with Crippen LogP contribution in [0.1, 0.15) is 10.4 Å². The van der Waals surface area contributed by atoms with Crippen LogP contribution < -0.4 is 11.1 Å². The minimum Gasteiger partial charge on any atom is -0.505 e. The zero-order chi connectivity index (χ0) is 15.1. The standard InChI is InChI=1S/C7H7NO3.C6H5F2N/c8-5-3-1-2-4(6(5)9)7(10)11;7-9(8)6-4-2-1-3-5-6/h1-3,9H,8H2,(H,10,11);1-5H. The van der Waals surface area contributed by atoms with E-state index in [2.05, 4.69) is 0 Å². The van der Waals surface area contributed by atoms with Crippen LogP contribution >= 0.6 is 0 Å². The summed E-state index contributed by atoms with van der Waals surface area (Å²) in [6.45, 7) is 0. The lowest BCUT2D eigenvalue weighted by Gasteiger charge is -2.00. The summed E-state index contributed by atoms with van der Waals surface area (Å²) in [6.07, 6.45) is 0. The molecule has 0 radical (unpaired) electrons. The van der Waals surface area contributed by atoms with Crippen molar-refractivity contribution in [1.82, 2.24) is 0 Å². The normalized spacial score (nSPS) is 9.30. The number of rotatable bonds is 2. The third-order valence-corrected chi connectivity index (χ3v) is 2.25. The van der Waals surface area contributed by atoms with Gasteiger partial charge in [0.05, 0.1) is 5.69 Å². The predicted molar refractivity (Wildman–Crippen MR) is 70.6 cm³/mol. The first-order chi connectivity index (χ1) is 9.43. The molecule has 0 bridgehead atoms. The van der Waals surface area contributed by atoms with Crippen LogP contribution in [0.25, 0.3) is 0 Å². The number of halogens is 2. The van der Waals surface area contributed by atoms with Gasteiger partial charge in [-0.05, 0) is 29.6 Å². The molecule has 0 aliphatic heterocycles. The quantitative estimate of drug-likeness (QED) is 0.448. The van der Waals surface area contributed by atoms with Gasteiger partial charge in [0.25, 0.3) is 0 Å². The smallest absolute Gasteiger partial charge is 0.339 e. The van der Waals surface area contributed by atoms with Crippen molar-refractivity contribution in [1.29, 1.82) is 0 Å². The van der Waals surface area contributed by atoms with E-state index >= 15 is 0 Å². The van der Waals surface area contributed by atoms with Gasteiger partial charge in [-0.15, -0.1) is 0 Å². The largest absolute Gasteiger partial charge is 0.505 e. The first-order valence-corrected chi connectivity index (χ1v) is 5.41. The maximum atomic E-state index is 11.6. The Labute approximate surface area is 113 Å². The van der Waals surface area contributed by atoms with Crippen LogP contribution in [-0.2, 0) is 0 Å². The van der Waals surface area contributed by atoms with Crippen molar-refractivity contribution in [2.24, 2.45) is 0 Å². The number of carboxylic acid groups (broad SMARTS) is 1. The van der Waals surface area contributed by atoms with Gasteiger partial charge in [0.1, 0.15) is 11.3 Å². The summed E-state index contributed by atoms with van der Waals surface area (Å²) < 4.78 is 23.2. The van der Waals surface area contributed by atoms with E-state index in [0.717, 1.165) is 0 Å². The fraction of sp³-hybridized carbons (Fsp3) is 0. The second-order valence-corrected chi connectivity index (χ2v) is 3.62. The third-order valence-electron chi connectivity index (χ3n) is 2.25. The Kier molecular flexibility index (Phi) is 5.28. The van der Waals surface area contributed by atoms with E-state index in [1.165, 1.54) is 30.3 Å². The zero-order valence-corrected chi connectivity index (χ0v) is 10.2. The number of nitrogens with zero attached hydrogens (tertiary/aromatic N) is 1. The highest BCUT2D eigenvalue weighted by molar-refractivity contribution is 5.92. The number of nitrogens with two attached hydrogens (primary N) is 1. The van der Waals surface area contributed by atoms with Crippen molar-refractivity contribution in [3.8, 4) is 5.75 Å². The van der Waals surface area contributed by atoms with E-state index in [1.807, 2.05) is 0 Å². The SMILES string of the molecule is FN(F)c1ccccc1.Nc1cccc(C(=O)O)c1O. The molecule has 0 heterocycles. The lowest BCUT2D eigenvalue weighted by atomic mass is 10.2. The van der Waals surface area contributed by atoms with Crippen LogP contribution in [-0.4, -0.2) is 16.2 Å². The molecule has 2 aromatic carbocycles. The highest BCUT2D eigenvalue weighted by atomic mass is 19.4. The Morgan fingerprint density at radius 1 is 1.05 bits per heavy atom. The summed E-state index contributed by atoms with van der Waals surface area (Å²) in [4.78, 5) is 10.4. The second kappa shape index (κ2) is 6.93. The molecular weight excluding hydrogens is 270 g/mol. The predicted octanol–water partition coefficient (Wildman–Crippen LogP) is 2.93. The van der Waals surface area contributed by atoms with Crippen molar-refractivity contribution in [3.05, 3.63) is 54.1 Å². The van der Waals surface area contributed by atoms with E-state index in [4.69, 9.17) is 15.9 Å². The molecule has 2 rings (SSSR count). The summed E-state index contributed by atoms with van der Waals surface area (Å²) >= 11 is 0. The highest BCUT2D eigenvalue weighted by Gasteiger charge is 2.09. The number of aromatic hydroxyl groups is 1. The first kappa shape index (κ1) is 15.2. The van der Waals surface area contributed by atoms with Crippen molar-refractivity contribution >= 4 is 17.3 Å². The highest BCUT2D eigenvalue weighted by Crippen LogP contribution is 2.23. The molecule has 0 aliphatic rings. The Bertz CT molecular complexity index is 577. The van der Waals surface area contributed by atoms with Gasteiger partial charge in [-0.3, -0.25) is 0 Å². The van der Waals surface area contributed by atoms with Gasteiger partial charge in [0.15, 0.2) is 5.75 Å². The molecule has 4 N–H and O–H groups in total. The molecule has 5 nitrogen and oxygen atoms in total. The number of benzene rings is 2. The van der Waals surface area contributed by atoms with Crippen molar-refractivity contribution in [2.45, 2.75) is 0 Å². The number of nitrogen functional groups attached to an aromatic ring is 1. The molecule has 7 heteroatoms. The molecule has 2 aromatic rings. The molecule has 0 unspecified atom stereocenters. The average molecular weight is 282 g/mol. The van der Waals surface area contributed by atoms with E-state index in [9.17, 15) is 13.8 Å². The van der Waals surface area contributed by atoms with E-state index in [-0.39, 0.29) is 22.7 Å². The van der Waals surface area contributed by atoms with Gasteiger partial charge in [-0.1, -0.05) is 33.2 Å². The molecule has 0 fully saturated rings. The van der Waals surface area contributed by atoms with Gasteiger partial charge < -0.3 is 15.9 Å². The molecule has 0 aromatic heterocycles.